The van der Waals surface area contributed by atoms with Crippen molar-refractivity contribution in [1.82, 2.24) is 4.72 Å². The topological polar surface area (TPSA) is 84.5 Å². The minimum Gasteiger partial charge on any atom is -0.492 e. The van der Waals surface area contributed by atoms with E-state index >= 15 is 0 Å². The lowest BCUT2D eigenvalue weighted by Crippen LogP contribution is -2.45. The van der Waals surface area contributed by atoms with E-state index in [1.165, 1.54) is 18.2 Å². The maximum absolute atomic E-state index is 13.2. The zero-order valence-corrected chi connectivity index (χ0v) is 20.3. The average Bonchev–Trinajstić information content (AvgIpc) is 2.74. The van der Waals surface area contributed by atoms with Crippen molar-refractivity contribution in [2.45, 2.75) is 38.1 Å². The number of aryl methyl sites for hydroxylation is 2. The maximum atomic E-state index is 13.2. The zero-order chi connectivity index (χ0) is 24.0. The molecule has 8 heteroatoms. The summed E-state index contributed by atoms with van der Waals surface area (Å²) in [5, 5.41) is 3.02. The number of hydrogen-bond donors (Lipinski definition) is 2. The SMILES string of the molecule is CCOc1ccc(S(=O)(=O)NC(Cc2ccccc2)C(=O)Nc2cc(C)cc(C)c2)cc1Cl. The normalized spacial score (nSPS) is 12.2. The van der Waals surface area contributed by atoms with Gasteiger partial charge in [0.1, 0.15) is 11.8 Å². The Bertz CT molecular complexity index is 1210. The first-order valence-corrected chi connectivity index (χ1v) is 12.4. The van der Waals surface area contributed by atoms with E-state index in [0.29, 0.717) is 18.0 Å². The van der Waals surface area contributed by atoms with Crippen LogP contribution in [0.25, 0.3) is 0 Å². The van der Waals surface area contributed by atoms with E-state index in [4.69, 9.17) is 16.3 Å². The molecule has 1 unspecified atom stereocenters. The van der Waals surface area contributed by atoms with Crippen LogP contribution < -0.4 is 14.8 Å². The van der Waals surface area contributed by atoms with Crippen molar-refractivity contribution in [2.75, 3.05) is 11.9 Å². The summed E-state index contributed by atoms with van der Waals surface area (Å²) in [7, 11) is -4.04. The minimum atomic E-state index is -4.04. The number of rotatable bonds is 9. The van der Waals surface area contributed by atoms with Gasteiger partial charge in [0.2, 0.25) is 15.9 Å². The van der Waals surface area contributed by atoms with Crippen molar-refractivity contribution >= 4 is 33.2 Å². The van der Waals surface area contributed by atoms with Crippen molar-refractivity contribution in [3.63, 3.8) is 0 Å². The predicted molar refractivity (Wildman–Crippen MR) is 131 cm³/mol. The van der Waals surface area contributed by atoms with E-state index in [1.54, 1.807) is 0 Å². The molecule has 0 aliphatic rings. The summed E-state index contributed by atoms with van der Waals surface area (Å²) in [4.78, 5) is 13.1. The smallest absolute Gasteiger partial charge is 0.242 e. The molecule has 0 fully saturated rings. The highest BCUT2D eigenvalue weighted by Gasteiger charge is 2.27. The lowest BCUT2D eigenvalue weighted by Gasteiger charge is -2.19. The van der Waals surface area contributed by atoms with Crippen molar-refractivity contribution in [3.05, 3.63) is 88.4 Å². The van der Waals surface area contributed by atoms with Crippen molar-refractivity contribution in [2.24, 2.45) is 0 Å². The Morgan fingerprint density at radius 3 is 2.27 bits per heavy atom. The molecule has 0 spiro atoms. The van der Waals surface area contributed by atoms with Crippen LogP contribution in [0.4, 0.5) is 5.69 Å². The van der Waals surface area contributed by atoms with Gasteiger partial charge < -0.3 is 10.1 Å². The third-order valence-corrected chi connectivity index (χ3v) is 6.66. The number of hydrogen-bond acceptors (Lipinski definition) is 4. The Morgan fingerprint density at radius 1 is 1.00 bits per heavy atom. The number of carbonyl (C=O) groups excluding carboxylic acids is 1. The highest BCUT2D eigenvalue weighted by molar-refractivity contribution is 7.89. The van der Waals surface area contributed by atoms with Gasteiger partial charge in [-0.1, -0.05) is 48.0 Å². The first kappa shape index (κ1) is 24.8. The van der Waals surface area contributed by atoms with Gasteiger partial charge in [0.05, 0.1) is 16.5 Å². The molecule has 3 rings (SSSR count). The van der Waals surface area contributed by atoms with Gasteiger partial charge >= 0.3 is 0 Å². The number of anilines is 1. The molecular weight excluding hydrogens is 460 g/mol. The van der Waals surface area contributed by atoms with Gasteiger partial charge in [-0.25, -0.2) is 8.42 Å². The van der Waals surface area contributed by atoms with Gasteiger partial charge in [-0.2, -0.15) is 4.72 Å². The van der Waals surface area contributed by atoms with Gasteiger partial charge in [0.25, 0.3) is 0 Å². The molecule has 0 radical (unpaired) electrons. The van der Waals surface area contributed by atoms with Crippen LogP contribution in [0.3, 0.4) is 0 Å². The lowest BCUT2D eigenvalue weighted by atomic mass is 10.1. The van der Waals surface area contributed by atoms with E-state index in [0.717, 1.165) is 16.7 Å². The summed E-state index contributed by atoms with van der Waals surface area (Å²) in [6.07, 6.45) is 0.182. The fourth-order valence-corrected chi connectivity index (χ4v) is 5.01. The number of sulfonamides is 1. The molecule has 2 N–H and O–H groups in total. The summed E-state index contributed by atoms with van der Waals surface area (Å²) in [6.45, 7) is 6.08. The molecule has 0 heterocycles. The largest absolute Gasteiger partial charge is 0.492 e. The van der Waals surface area contributed by atoms with E-state index < -0.39 is 22.0 Å². The van der Waals surface area contributed by atoms with Crippen molar-refractivity contribution in [3.8, 4) is 5.75 Å². The number of carbonyl (C=O) groups is 1. The summed E-state index contributed by atoms with van der Waals surface area (Å²) < 4.78 is 34.2. The molecule has 3 aromatic carbocycles. The molecule has 0 saturated heterocycles. The number of benzene rings is 3. The monoisotopic (exact) mass is 486 g/mol. The zero-order valence-electron chi connectivity index (χ0n) is 18.8. The Kier molecular flexibility index (Phi) is 8.13. The number of ether oxygens (including phenoxy) is 1. The summed E-state index contributed by atoms with van der Waals surface area (Å²) >= 11 is 6.18. The van der Waals surface area contributed by atoms with Gasteiger partial charge in [-0.05, 0) is 74.2 Å². The van der Waals surface area contributed by atoms with Gasteiger partial charge in [0, 0.05) is 5.69 Å². The Morgan fingerprint density at radius 2 is 1.67 bits per heavy atom. The molecule has 0 aromatic heterocycles. The molecule has 1 amide bonds. The van der Waals surface area contributed by atoms with Gasteiger partial charge in [0.15, 0.2) is 0 Å². The second-order valence-corrected chi connectivity index (χ2v) is 9.88. The van der Waals surface area contributed by atoms with E-state index in [1.807, 2.05) is 69.3 Å². The molecular formula is C25H27ClN2O4S. The van der Waals surface area contributed by atoms with Crippen LogP contribution in [0, 0.1) is 13.8 Å². The minimum absolute atomic E-state index is 0.0479. The summed E-state index contributed by atoms with van der Waals surface area (Å²) in [6, 6.07) is 18.1. The van der Waals surface area contributed by atoms with Crippen LogP contribution in [-0.2, 0) is 21.2 Å². The third kappa shape index (κ3) is 6.81. The fraction of sp³-hybridized carbons (Fsp3) is 0.240. The molecule has 0 aliphatic carbocycles. The molecule has 6 nitrogen and oxygen atoms in total. The Balaban J connectivity index is 1.88. The Labute approximate surface area is 200 Å². The number of halogens is 1. The van der Waals surface area contributed by atoms with E-state index in [2.05, 4.69) is 10.0 Å². The molecule has 0 saturated carbocycles. The van der Waals surface area contributed by atoms with E-state index in [-0.39, 0.29) is 16.3 Å². The molecule has 174 valence electrons. The fourth-order valence-electron chi connectivity index (χ4n) is 3.49. The number of amides is 1. The van der Waals surface area contributed by atoms with Gasteiger partial charge in [-0.15, -0.1) is 0 Å². The Hall–Kier alpha value is -2.87. The average molecular weight is 487 g/mol. The quantitative estimate of drug-likeness (QED) is 0.451. The second kappa shape index (κ2) is 10.8. The first-order chi connectivity index (χ1) is 15.7. The van der Waals surface area contributed by atoms with Crippen LogP contribution >= 0.6 is 11.6 Å². The maximum Gasteiger partial charge on any atom is 0.242 e. The van der Waals surface area contributed by atoms with Crippen LogP contribution in [-0.4, -0.2) is 27.0 Å². The van der Waals surface area contributed by atoms with Crippen LogP contribution in [0.2, 0.25) is 5.02 Å². The molecule has 33 heavy (non-hydrogen) atoms. The predicted octanol–water partition coefficient (Wildman–Crippen LogP) is 4.88. The molecule has 1 atom stereocenters. The molecule has 3 aromatic rings. The van der Waals surface area contributed by atoms with Crippen molar-refractivity contribution in [1.29, 1.82) is 0 Å². The summed E-state index contributed by atoms with van der Waals surface area (Å²) in [5.74, 6) is -0.0593. The standard InChI is InChI=1S/C25H27ClN2O4S/c1-4-32-24-11-10-21(16-22(24)26)33(30,31)28-23(15-19-8-6-5-7-9-19)25(29)27-20-13-17(2)12-18(3)14-20/h5-14,16,23,28H,4,15H2,1-3H3,(H,27,29). The van der Waals surface area contributed by atoms with Gasteiger partial charge in [-0.3, -0.25) is 4.79 Å². The first-order valence-electron chi connectivity index (χ1n) is 10.6. The lowest BCUT2D eigenvalue weighted by molar-refractivity contribution is -0.117. The van der Waals surface area contributed by atoms with E-state index in [9.17, 15) is 13.2 Å². The third-order valence-electron chi connectivity index (χ3n) is 4.90. The highest BCUT2D eigenvalue weighted by Crippen LogP contribution is 2.27. The molecule has 0 aliphatic heterocycles. The highest BCUT2D eigenvalue weighted by atomic mass is 35.5. The summed E-state index contributed by atoms with van der Waals surface area (Å²) in [5.41, 5.74) is 3.42. The van der Waals surface area contributed by atoms with Crippen LogP contribution in [0.15, 0.2) is 71.6 Å². The van der Waals surface area contributed by atoms with Crippen LogP contribution in [0.1, 0.15) is 23.6 Å². The molecule has 0 bridgehead atoms. The second-order valence-electron chi connectivity index (χ2n) is 7.75. The van der Waals surface area contributed by atoms with Crippen molar-refractivity contribution < 1.29 is 17.9 Å². The number of nitrogens with one attached hydrogen (secondary N) is 2. The van der Waals surface area contributed by atoms with Crippen LogP contribution in [0.5, 0.6) is 5.75 Å².